The van der Waals surface area contributed by atoms with Crippen molar-refractivity contribution in [1.82, 2.24) is 9.71 Å². The normalized spacial score (nSPS) is 11.4. The molecule has 0 unspecified atom stereocenters. The Morgan fingerprint density at radius 1 is 1.17 bits per heavy atom. The van der Waals surface area contributed by atoms with Crippen LogP contribution in [0.1, 0.15) is 16.9 Å². The summed E-state index contributed by atoms with van der Waals surface area (Å²) in [6.07, 6.45) is 2.26. The maximum absolute atomic E-state index is 12.9. The average Bonchev–Trinajstić information content (AvgIpc) is 3.08. The van der Waals surface area contributed by atoms with E-state index in [1.165, 1.54) is 11.3 Å². The molecule has 0 aliphatic carbocycles. The van der Waals surface area contributed by atoms with Crippen LogP contribution in [0.3, 0.4) is 0 Å². The van der Waals surface area contributed by atoms with Gasteiger partial charge in [-0.1, -0.05) is 23.7 Å². The number of aromatic nitrogens is 1. The highest BCUT2D eigenvalue weighted by molar-refractivity contribution is 7.89. The van der Waals surface area contributed by atoms with Crippen molar-refractivity contribution in [2.75, 3.05) is 11.9 Å². The lowest BCUT2D eigenvalue weighted by atomic mass is 10.1. The van der Waals surface area contributed by atoms with Crippen LogP contribution in [-0.2, 0) is 21.2 Å². The molecule has 29 heavy (non-hydrogen) atoms. The van der Waals surface area contributed by atoms with Gasteiger partial charge in [0, 0.05) is 35.5 Å². The number of carbonyl (C=O) groups excluding carboxylic acids is 1. The van der Waals surface area contributed by atoms with Gasteiger partial charge in [0.05, 0.1) is 4.90 Å². The van der Waals surface area contributed by atoms with Gasteiger partial charge in [0.25, 0.3) is 0 Å². The van der Waals surface area contributed by atoms with Crippen LogP contribution < -0.4 is 10.0 Å². The maximum atomic E-state index is 12.9. The summed E-state index contributed by atoms with van der Waals surface area (Å²) in [6, 6.07) is 11.9. The van der Waals surface area contributed by atoms with E-state index >= 15 is 0 Å². The molecule has 0 fully saturated rings. The first-order valence-electron chi connectivity index (χ1n) is 8.56. The van der Waals surface area contributed by atoms with E-state index in [2.05, 4.69) is 15.0 Å². The third-order valence-corrected chi connectivity index (χ3v) is 6.46. The highest BCUT2D eigenvalue weighted by Gasteiger charge is 2.14. The number of sulfonamides is 1. The SMILES string of the molecule is O=C(CCNS(=O)(=O)c1ccc(F)cc1)Nc1ncc(Cc2cccc(Cl)c2)s1. The highest BCUT2D eigenvalue weighted by Crippen LogP contribution is 2.22. The van der Waals surface area contributed by atoms with E-state index in [1.54, 1.807) is 12.3 Å². The number of benzene rings is 2. The predicted octanol–water partition coefficient (Wildman–Crippen LogP) is 3.83. The van der Waals surface area contributed by atoms with Gasteiger partial charge in [-0.3, -0.25) is 4.79 Å². The molecule has 1 heterocycles. The zero-order chi connectivity index (χ0) is 20.9. The Labute approximate surface area is 176 Å². The molecule has 2 aromatic carbocycles. The van der Waals surface area contributed by atoms with Gasteiger partial charge < -0.3 is 5.32 Å². The molecule has 0 bridgehead atoms. The Bertz CT molecular complexity index is 1100. The summed E-state index contributed by atoms with van der Waals surface area (Å²) in [6.45, 7) is -0.0910. The van der Waals surface area contributed by atoms with Crippen LogP contribution in [0, 0.1) is 5.82 Å². The topological polar surface area (TPSA) is 88.2 Å². The Hall–Kier alpha value is -2.33. The van der Waals surface area contributed by atoms with Crippen molar-refractivity contribution in [2.24, 2.45) is 0 Å². The summed E-state index contributed by atoms with van der Waals surface area (Å²) < 4.78 is 39.4. The summed E-state index contributed by atoms with van der Waals surface area (Å²) >= 11 is 7.32. The largest absolute Gasteiger partial charge is 0.302 e. The fourth-order valence-electron chi connectivity index (χ4n) is 2.47. The van der Waals surface area contributed by atoms with E-state index in [0.717, 1.165) is 34.7 Å². The molecule has 1 aromatic heterocycles. The molecule has 0 spiro atoms. The number of nitrogens with one attached hydrogen (secondary N) is 2. The van der Waals surface area contributed by atoms with Gasteiger partial charge in [-0.15, -0.1) is 11.3 Å². The van der Waals surface area contributed by atoms with Crippen molar-refractivity contribution in [3.05, 3.63) is 76.0 Å². The number of amides is 1. The maximum Gasteiger partial charge on any atom is 0.240 e. The smallest absolute Gasteiger partial charge is 0.240 e. The lowest BCUT2D eigenvalue weighted by Gasteiger charge is -2.06. The lowest BCUT2D eigenvalue weighted by molar-refractivity contribution is -0.116. The number of thiazole rings is 1. The predicted molar refractivity (Wildman–Crippen MR) is 111 cm³/mol. The fraction of sp³-hybridized carbons (Fsp3) is 0.158. The summed E-state index contributed by atoms with van der Waals surface area (Å²) in [7, 11) is -3.80. The molecular weight excluding hydrogens is 437 g/mol. The first-order valence-corrected chi connectivity index (χ1v) is 11.2. The zero-order valence-corrected chi connectivity index (χ0v) is 17.5. The molecule has 0 aliphatic heterocycles. The second-order valence-corrected chi connectivity index (χ2v) is 9.41. The molecule has 0 aliphatic rings. The number of rotatable bonds is 8. The van der Waals surface area contributed by atoms with E-state index in [0.29, 0.717) is 16.6 Å². The van der Waals surface area contributed by atoms with E-state index in [1.807, 2.05) is 18.2 Å². The van der Waals surface area contributed by atoms with Crippen LogP contribution in [0.15, 0.2) is 59.6 Å². The van der Waals surface area contributed by atoms with Crippen LogP contribution in [0.5, 0.6) is 0 Å². The molecular formula is C19H17ClFN3O3S2. The van der Waals surface area contributed by atoms with Gasteiger partial charge in [0.1, 0.15) is 5.82 Å². The molecule has 0 saturated heterocycles. The minimum Gasteiger partial charge on any atom is -0.302 e. The van der Waals surface area contributed by atoms with Crippen molar-refractivity contribution in [1.29, 1.82) is 0 Å². The zero-order valence-electron chi connectivity index (χ0n) is 15.1. The Balaban J connectivity index is 1.48. The van der Waals surface area contributed by atoms with Crippen molar-refractivity contribution >= 4 is 44.0 Å². The van der Waals surface area contributed by atoms with Crippen LogP contribution >= 0.6 is 22.9 Å². The monoisotopic (exact) mass is 453 g/mol. The van der Waals surface area contributed by atoms with Crippen LogP contribution in [0.2, 0.25) is 5.02 Å². The lowest BCUT2D eigenvalue weighted by Crippen LogP contribution is -2.27. The van der Waals surface area contributed by atoms with Gasteiger partial charge in [-0.05, 0) is 42.0 Å². The summed E-state index contributed by atoms with van der Waals surface area (Å²) in [5.41, 5.74) is 1.04. The number of hydrogen-bond acceptors (Lipinski definition) is 5. The standard InChI is InChI=1S/C19H17ClFN3O3S2/c20-14-3-1-2-13(10-14)11-16-12-22-19(28-16)24-18(25)8-9-23-29(26,27)17-6-4-15(21)5-7-17/h1-7,10,12,23H,8-9,11H2,(H,22,24,25). The van der Waals surface area contributed by atoms with E-state index in [-0.39, 0.29) is 23.8 Å². The molecule has 0 saturated carbocycles. The van der Waals surface area contributed by atoms with Gasteiger partial charge >= 0.3 is 0 Å². The number of halogens is 2. The molecule has 3 rings (SSSR count). The van der Waals surface area contributed by atoms with Crippen LogP contribution in [-0.4, -0.2) is 25.9 Å². The molecule has 3 aromatic rings. The fourth-order valence-corrected chi connectivity index (χ4v) is 4.58. The quantitative estimate of drug-likeness (QED) is 0.542. The first kappa shape index (κ1) is 21.4. The molecule has 2 N–H and O–H groups in total. The number of nitrogens with zero attached hydrogens (tertiary/aromatic N) is 1. The van der Waals surface area contributed by atoms with Crippen molar-refractivity contribution in [3.8, 4) is 0 Å². The second kappa shape index (κ2) is 9.45. The van der Waals surface area contributed by atoms with Crippen molar-refractivity contribution in [2.45, 2.75) is 17.7 Å². The Morgan fingerprint density at radius 2 is 1.93 bits per heavy atom. The van der Waals surface area contributed by atoms with Gasteiger partial charge in [0.15, 0.2) is 5.13 Å². The summed E-state index contributed by atoms with van der Waals surface area (Å²) in [4.78, 5) is 17.1. The molecule has 0 radical (unpaired) electrons. The molecule has 1 amide bonds. The summed E-state index contributed by atoms with van der Waals surface area (Å²) in [5.74, 6) is -0.892. The van der Waals surface area contributed by atoms with Gasteiger partial charge in [-0.2, -0.15) is 0 Å². The number of anilines is 1. The van der Waals surface area contributed by atoms with E-state index in [9.17, 15) is 17.6 Å². The second-order valence-electron chi connectivity index (χ2n) is 6.09. The molecule has 10 heteroatoms. The minimum atomic E-state index is -3.80. The third kappa shape index (κ3) is 6.33. The van der Waals surface area contributed by atoms with Crippen LogP contribution in [0.25, 0.3) is 0 Å². The average molecular weight is 454 g/mol. The van der Waals surface area contributed by atoms with Gasteiger partial charge in [0.2, 0.25) is 15.9 Å². The Morgan fingerprint density at radius 3 is 2.66 bits per heavy atom. The number of hydrogen-bond donors (Lipinski definition) is 2. The molecule has 6 nitrogen and oxygen atoms in total. The van der Waals surface area contributed by atoms with Crippen LogP contribution in [0.4, 0.5) is 9.52 Å². The highest BCUT2D eigenvalue weighted by atomic mass is 35.5. The minimum absolute atomic E-state index is 0.0649. The van der Waals surface area contributed by atoms with Crippen molar-refractivity contribution in [3.63, 3.8) is 0 Å². The van der Waals surface area contributed by atoms with E-state index in [4.69, 9.17) is 11.6 Å². The molecule has 152 valence electrons. The molecule has 0 atom stereocenters. The Kier molecular flexibility index (Phi) is 6.96. The van der Waals surface area contributed by atoms with Gasteiger partial charge in [-0.25, -0.2) is 22.5 Å². The van der Waals surface area contributed by atoms with E-state index < -0.39 is 15.8 Å². The van der Waals surface area contributed by atoms with Crippen molar-refractivity contribution < 1.29 is 17.6 Å². The third-order valence-electron chi connectivity index (χ3n) is 3.84. The summed E-state index contributed by atoms with van der Waals surface area (Å²) in [5, 5.41) is 3.75. The first-order chi connectivity index (χ1) is 13.8. The number of carbonyl (C=O) groups is 1.